The minimum absolute atomic E-state index is 0.0194. The lowest BCUT2D eigenvalue weighted by molar-refractivity contribution is 0.0697. The minimum Gasteiger partial charge on any atom is -0.478 e. The Bertz CT molecular complexity index is 2040. The van der Waals surface area contributed by atoms with Gasteiger partial charge >= 0.3 is 5.97 Å². The van der Waals surface area contributed by atoms with Crippen molar-refractivity contribution >= 4 is 17.0 Å². The fourth-order valence-corrected chi connectivity index (χ4v) is 6.04. The average molecular weight is 611 g/mol. The zero-order valence-corrected chi connectivity index (χ0v) is 23.8. The van der Waals surface area contributed by atoms with Crippen molar-refractivity contribution in [3.8, 4) is 23.2 Å². The molecule has 2 fully saturated rings. The molecule has 3 heterocycles. The van der Waals surface area contributed by atoms with Gasteiger partial charge in [-0.05, 0) is 66.4 Å². The molecule has 2 aliphatic rings. The average Bonchev–Trinajstić information content (AvgIpc) is 3.39. The van der Waals surface area contributed by atoms with Gasteiger partial charge in [0.25, 0.3) is 0 Å². The summed E-state index contributed by atoms with van der Waals surface area (Å²) in [7, 11) is 0. The number of nitriles is 1. The van der Waals surface area contributed by atoms with Crippen LogP contribution in [0, 0.1) is 40.1 Å². The third kappa shape index (κ3) is 5.38. The second-order valence-corrected chi connectivity index (χ2v) is 11.6. The van der Waals surface area contributed by atoms with Crippen molar-refractivity contribution in [1.82, 2.24) is 14.5 Å². The van der Waals surface area contributed by atoms with Gasteiger partial charge in [-0.1, -0.05) is 12.1 Å². The summed E-state index contributed by atoms with van der Waals surface area (Å²) in [5, 5.41) is 18.5. The number of fused-ring (bicyclic) bond motifs is 2. The van der Waals surface area contributed by atoms with E-state index in [-0.39, 0.29) is 57.8 Å². The van der Waals surface area contributed by atoms with Gasteiger partial charge in [0.1, 0.15) is 29.9 Å². The smallest absolute Gasteiger partial charge is 0.335 e. The first kappa shape index (κ1) is 28.6. The number of benzene rings is 3. The largest absolute Gasteiger partial charge is 0.478 e. The third-order valence-electron chi connectivity index (χ3n) is 8.66. The predicted octanol–water partition coefficient (Wildman–Crippen LogP) is 6.29. The van der Waals surface area contributed by atoms with Crippen molar-refractivity contribution < 1.29 is 32.5 Å². The normalized spacial score (nSPS) is 18.5. The van der Waals surface area contributed by atoms with Gasteiger partial charge < -0.3 is 19.1 Å². The lowest BCUT2D eigenvalue weighted by Crippen LogP contribution is -2.18. The van der Waals surface area contributed by atoms with Crippen molar-refractivity contribution in [2.45, 2.75) is 26.0 Å². The molecule has 0 spiro atoms. The number of hydrogen-bond donors (Lipinski definition) is 1. The summed E-state index contributed by atoms with van der Waals surface area (Å²) in [6.07, 6.45) is 0.967. The molecule has 11 heteroatoms. The van der Waals surface area contributed by atoms with Crippen LogP contribution < -0.4 is 4.74 Å². The summed E-state index contributed by atoms with van der Waals surface area (Å²) in [6.45, 7) is 1.63. The summed E-state index contributed by atoms with van der Waals surface area (Å²) in [4.78, 5) is 20.7. The molecule has 2 atom stereocenters. The number of imidazole rings is 1. The number of pyridine rings is 1. The highest BCUT2D eigenvalue weighted by molar-refractivity contribution is 5.92. The van der Waals surface area contributed by atoms with E-state index in [9.17, 15) is 14.3 Å². The lowest BCUT2D eigenvalue weighted by atomic mass is 10.0. The van der Waals surface area contributed by atoms with Crippen molar-refractivity contribution in [2.75, 3.05) is 13.2 Å². The van der Waals surface area contributed by atoms with Crippen molar-refractivity contribution in [3.05, 3.63) is 112 Å². The standard InChI is InChI=1S/C34H25F3N4O4/c35-25-8-19(14-38)4-5-21(25)15-45-32-3-1-2-28(40-32)24-12-26(36)22(9-27(24)37)11-31-39-29-7-6-20(33(42)43)10-30(29)41(31)17-34-13-23(34)16-44-18-34/h1-10,12,23H,11,13,15-18H2,(H,42,43). The van der Waals surface area contributed by atoms with Crippen LogP contribution in [0.1, 0.15) is 39.3 Å². The number of hydrogen-bond acceptors (Lipinski definition) is 6. The molecule has 2 unspecified atom stereocenters. The number of aromatic carboxylic acids is 1. The molecule has 226 valence electrons. The molecule has 0 amide bonds. The minimum atomic E-state index is -1.06. The maximum Gasteiger partial charge on any atom is 0.335 e. The van der Waals surface area contributed by atoms with Crippen molar-refractivity contribution in [1.29, 1.82) is 5.26 Å². The monoisotopic (exact) mass is 610 g/mol. The van der Waals surface area contributed by atoms with Crippen LogP contribution >= 0.6 is 0 Å². The van der Waals surface area contributed by atoms with Gasteiger partial charge in [-0.2, -0.15) is 5.26 Å². The van der Waals surface area contributed by atoms with Crippen LogP contribution in [-0.4, -0.2) is 38.8 Å². The zero-order chi connectivity index (χ0) is 31.3. The first-order chi connectivity index (χ1) is 21.7. The zero-order valence-electron chi connectivity index (χ0n) is 23.8. The van der Waals surface area contributed by atoms with Crippen LogP contribution in [0.5, 0.6) is 5.88 Å². The van der Waals surface area contributed by atoms with E-state index in [1.165, 1.54) is 30.3 Å². The summed E-state index contributed by atoms with van der Waals surface area (Å²) in [5.74, 6) is -2.03. The molecule has 0 bridgehead atoms. The Morgan fingerprint density at radius 3 is 2.62 bits per heavy atom. The number of carboxylic acid groups (broad SMARTS) is 1. The Balaban J connectivity index is 1.16. The summed E-state index contributed by atoms with van der Waals surface area (Å²) in [6, 6.07) is 17.4. The maximum atomic E-state index is 15.6. The maximum absolute atomic E-state index is 15.6. The molecule has 8 nitrogen and oxygen atoms in total. The highest BCUT2D eigenvalue weighted by Gasteiger charge is 2.58. The van der Waals surface area contributed by atoms with Gasteiger partial charge in [0.15, 0.2) is 0 Å². The lowest BCUT2D eigenvalue weighted by Gasteiger charge is -2.16. The van der Waals surface area contributed by atoms with E-state index in [2.05, 4.69) is 4.98 Å². The first-order valence-corrected chi connectivity index (χ1v) is 14.3. The van der Waals surface area contributed by atoms with Gasteiger partial charge in [0.2, 0.25) is 5.88 Å². The van der Waals surface area contributed by atoms with E-state index in [1.807, 2.05) is 10.6 Å². The predicted molar refractivity (Wildman–Crippen MR) is 156 cm³/mol. The fourth-order valence-electron chi connectivity index (χ4n) is 6.04. The van der Waals surface area contributed by atoms with E-state index in [0.29, 0.717) is 42.5 Å². The van der Waals surface area contributed by atoms with E-state index in [0.717, 1.165) is 24.6 Å². The number of nitrogens with zero attached hydrogens (tertiary/aromatic N) is 4. The second kappa shape index (κ2) is 11.1. The SMILES string of the molecule is N#Cc1ccc(COc2cccc(-c3cc(F)c(Cc4nc5ccc(C(=O)O)cc5n4CC45COCC4C5)cc3F)n2)c(F)c1. The third-order valence-corrected chi connectivity index (χ3v) is 8.66. The highest BCUT2D eigenvalue weighted by Crippen LogP contribution is 2.58. The molecule has 2 aromatic heterocycles. The molecule has 1 aliphatic heterocycles. The van der Waals surface area contributed by atoms with Gasteiger partial charge in [-0.25, -0.2) is 27.9 Å². The van der Waals surface area contributed by atoms with E-state index in [4.69, 9.17) is 19.7 Å². The molecule has 45 heavy (non-hydrogen) atoms. The summed E-state index contributed by atoms with van der Waals surface area (Å²) >= 11 is 0. The number of aromatic nitrogens is 3. The Labute approximate surface area is 255 Å². The molecular weight excluding hydrogens is 585 g/mol. The fraction of sp³-hybridized carbons (Fsp3) is 0.235. The highest BCUT2D eigenvalue weighted by atomic mass is 19.1. The Kier molecular flexibility index (Phi) is 7.01. The van der Waals surface area contributed by atoms with Gasteiger partial charge in [0, 0.05) is 35.6 Å². The van der Waals surface area contributed by atoms with Gasteiger partial charge in [-0.15, -0.1) is 0 Å². The van der Waals surface area contributed by atoms with Crippen LogP contribution in [0.4, 0.5) is 13.2 Å². The van der Waals surface area contributed by atoms with E-state index in [1.54, 1.807) is 18.2 Å². The van der Waals surface area contributed by atoms with Crippen LogP contribution in [0.15, 0.2) is 66.7 Å². The number of halogens is 3. The molecule has 3 aromatic carbocycles. The van der Waals surface area contributed by atoms with Gasteiger partial charge in [-0.3, -0.25) is 0 Å². The summed E-state index contributed by atoms with van der Waals surface area (Å²) in [5.41, 5.74) is 1.77. The molecule has 1 aliphatic carbocycles. The molecule has 5 aromatic rings. The quantitative estimate of drug-likeness (QED) is 0.209. The van der Waals surface area contributed by atoms with Gasteiger partial charge in [0.05, 0.1) is 47.1 Å². The number of carboxylic acids is 1. The number of rotatable bonds is 9. The Morgan fingerprint density at radius 1 is 1.04 bits per heavy atom. The Hall–Kier alpha value is -5.21. The molecule has 0 radical (unpaired) electrons. The van der Waals surface area contributed by atoms with Crippen LogP contribution in [0.3, 0.4) is 0 Å². The van der Waals surface area contributed by atoms with Crippen LogP contribution in [0.25, 0.3) is 22.3 Å². The first-order valence-electron chi connectivity index (χ1n) is 14.3. The number of ether oxygens (including phenoxy) is 2. The van der Waals surface area contributed by atoms with Crippen molar-refractivity contribution in [2.24, 2.45) is 11.3 Å². The second-order valence-electron chi connectivity index (χ2n) is 11.6. The number of carbonyl (C=O) groups is 1. The topological polar surface area (TPSA) is 110 Å². The van der Waals surface area contributed by atoms with E-state index < -0.39 is 23.4 Å². The van der Waals surface area contributed by atoms with E-state index >= 15 is 8.78 Å². The molecule has 7 rings (SSSR count). The van der Waals surface area contributed by atoms with Crippen LogP contribution in [-0.2, 0) is 24.3 Å². The molecule has 1 saturated heterocycles. The van der Waals surface area contributed by atoms with Crippen molar-refractivity contribution in [3.63, 3.8) is 0 Å². The Morgan fingerprint density at radius 2 is 1.89 bits per heavy atom. The molecule has 1 N–H and O–H groups in total. The summed E-state index contributed by atoms with van der Waals surface area (Å²) < 4.78 is 58.6. The molecular formula is C34H25F3N4O4. The molecule has 1 saturated carbocycles. The van der Waals surface area contributed by atoms with Crippen LogP contribution in [0.2, 0.25) is 0 Å².